The Kier molecular flexibility index (Phi) is 13.7. The molecule has 0 aromatic carbocycles. The highest BCUT2D eigenvalue weighted by molar-refractivity contribution is 6.27. The van der Waals surface area contributed by atoms with Crippen LogP contribution in [0.15, 0.2) is 0 Å². The molecular formula is C13H25NO7. The van der Waals surface area contributed by atoms with Gasteiger partial charge in [0.2, 0.25) is 0 Å². The maximum Gasteiger partial charge on any atom is 0.414 e. The van der Waals surface area contributed by atoms with E-state index in [1.165, 1.54) is 0 Å². The van der Waals surface area contributed by atoms with Crippen molar-refractivity contribution in [3.8, 4) is 0 Å². The van der Waals surface area contributed by atoms with Crippen molar-refractivity contribution < 1.29 is 34.4 Å². The highest BCUT2D eigenvalue weighted by Crippen LogP contribution is 2.00. The van der Waals surface area contributed by atoms with Crippen LogP contribution >= 0.6 is 0 Å². The van der Waals surface area contributed by atoms with Crippen molar-refractivity contribution in [2.45, 2.75) is 33.1 Å². The van der Waals surface area contributed by atoms with Gasteiger partial charge in [0, 0.05) is 6.42 Å². The van der Waals surface area contributed by atoms with Crippen molar-refractivity contribution in [3.05, 3.63) is 0 Å². The van der Waals surface area contributed by atoms with Crippen molar-refractivity contribution >= 4 is 17.9 Å². The summed E-state index contributed by atoms with van der Waals surface area (Å²) in [5.74, 6) is -3.54. The quantitative estimate of drug-likeness (QED) is 0.295. The average Bonchev–Trinajstić information content (AvgIpc) is 2.34. The summed E-state index contributed by atoms with van der Waals surface area (Å²) in [7, 11) is 4.04. The highest BCUT2D eigenvalue weighted by Gasteiger charge is 2.05. The summed E-state index contributed by atoms with van der Waals surface area (Å²) < 4.78 is 0. The molecule has 0 aliphatic heterocycles. The lowest BCUT2D eigenvalue weighted by Gasteiger charge is -2.08. The van der Waals surface area contributed by atoms with Crippen LogP contribution in [0.2, 0.25) is 0 Å². The van der Waals surface area contributed by atoms with E-state index in [2.05, 4.69) is 9.79 Å². The monoisotopic (exact) mass is 307 g/mol. The van der Waals surface area contributed by atoms with Gasteiger partial charge in [0.1, 0.15) is 0 Å². The Labute approximate surface area is 124 Å². The molecule has 0 radical (unpaired) electrons. The zero-order chi connectivity index (χ0) is 16.8. The largest absolute Gasteiger partial charge is 0.473 e. The van der Waals surface area contributed by atoms with E-state index in [9.17, 15) is 4.79 Å². The maximum absolute atomic E-state index is 11.1. The van der Waals surface area contributed by atoms with E-state index in [1.54, 1.807) is 0 Å². The summed E-state index contributed by atoms with van der Waals surface area (Å²) in [4.78, 5) is 40.8. The average molecular weight is 307 g/mol. The molecule has 0 saturated heterocycles. The third kappa shape index (κ3) is 20.8. The van der Waals surface area contributed by atoms with Crippen molar-refractivity contribution in [1.29, 1.82) is 0 Å². The van der Waals surface area contributed by atoms with Gasteiger partial charge in [0.25, 0.3) is 0 Å². The molecule has 0 atom stereocenters. The molecule has 0 aromatic rings. The number of carbonyl (C=O) groups is 3. The Balaban J connectivity index is 0. The zero-order valence-electron chi connectivity index (χ0n) is 13.0. The summed E-state index contributed by atoms with van der Waals surface area (Å²) in [6.45, 7) is 5.47. The highest BCUT2D eigenvalue weighted by atomic mass is 17.2. The van der Waals surface area contributed by atoms with Crippen LogP contribution in [0, 0.1) is 5.92 Å². The molecule has 2 N–H and O–H groups in total. The summed E-state index contributed by atoms with van der Waals surface area (Å²) >= 11 is 0. The Morgan fingerprint density at radius 1 is 1.05 bits per heavy atom. The number of carboxylic acids is 2. The molecule has 21 heavy (non-hydrogen) atoms. The van der Waals surface area contributed by atoms with Gasteiger partial charge >= 0.3 is 17.9 Å². The van der Waals surface area contributed by atoms with E-state index < -0.39 is 11.9 Å². The van der Waals surface area contributed by atoms with Gasteiger partial charge in [-0.2, -0.15) is 4.89 Å². The normalized spacial score (nSPS) is 10.0. The third-order valence-electron chi connectivity index (χ3n) is 1.97. The fourth-order valence-electron chi connectivity index (χ4n) is 0.975. The standard InChI is InChI=1S/C11H23NO3.C2H2O4/c1-10(2)9-14-15-11(13)7-5-6-8-12(3)4;3-1(4)2(5)6/h10H,5-9H2,1-4H3;(H,3,4)(H,5,6). The van der Waals surface area contributed by atoms with E-state index in [-0.39, 0.29) is 5.97 Å². The van der Waals surface area contributed by atoms with E-state index >= 15 is 0 Å². The van der Waals surface area contributed by atoms with Gasteiger partial charge in [0.05, 0.1) is 6.61 Å². The Hall–Kier alpha value is -1.67. The zero-order valence-corrected chi connectivity index (χ0v) is 13.0. The molecule has 0 saturated carbocycles. The Morgan fingerprint density at radius 2 is 1.57 bits per heavy atom. The molecule has 0 spiro atoms. The van der Waals surface area contributed by atoms with Crippen LogP contribution < -0.4 is 0 Å². The van der Waals surface area contributed by atoms with E-state index in [0.717, 1.165) is 19.4 Å². The van der Waals surface area contributed by atoms with Gasteiger partial charge in [-0.1, -0.05) is 13.8 Å². The SMILES string of the molecule is CC(C)COOC(=O)CCCCN(C)C.O=C(O)C(=O)O. The predicted molar refractivity (Wildman–Crippen MR) is 74.6 cm³/mol. The van der Waals surface area contributed by atoms with E-state index in [4.69, 9.17) is 24.7 Å². The van der Waals surface area contributed by atoms with Crippen molar-refractivity contribution in [2.75, 3.05) is 27.2 Å². The number of rotatable bonds is 8. The second-order valence-corrected chi connectivity index (χ2v) is 5.00. The molecule has 8 nitrogen and oxygen atoms in total. The number of hydrogen-bond donors (Lipinski definition) is 2. The minimum Gasteiger partial charge on any atom is -0.473 e. The number of aliphatic carboxylic acids is 2. The minimum atomic E-state index is -1.82. The van der Waals surface area contributed by atoms with E-state index in [0.29, 0.717) is 18.9 Å². The first-order valence-electron chi connectivity index (χ1n) is 6.60. The topological polar surface area (TPSA) is 113 Å². The van der Waals surface area contributed by atoms with Crippen LogP contribution in [-0.2, 0) is 24.2 Å². The number of unbranched alkanes of at least 4 members (excludes halogenated alkanes) is 1. The summed E-state index contributed by atoms with van der Waals surface area (Å²) in [6, 6.07) is 0. The molecule has 0 bridgehead atoms. The summed E-state index contributed by atoms with van der Waals surface area (Å²) in [5.41, 5.74) is 0. The first-order valence-corrected chi connectivity index (χ1v) is 6.60. The van der Waals surface area contributed by atoms with Crippen LogP contribution in [0.3, 0.4) is 0 Å². The first kappa shape index (κ1) is 21.6. The van der Waals surface area contributed by atoms with Crippen LogP contribution in [0.5, 0.6) is 0 Å². The molecule has 0 heterocycles. The first-order chi connectivity index (χ1) is 9.66. The lowest BCUT2D eigenvalue weighted by molar-refractivity contribution is -0.276. The molecular weight excluding hydrogens is 282 g/mol. The van der Waals surface area contributed by atoms with Crippen LogP contribution in [0.25, 0.3) is 0 Å². The van der Waals surface area contributed by atoms with Crippen molar-refractivity contribution in [1.82, 2.24) is 4.90 Å². The smallest absolute Gasteiger partial charge is 0.414 e. The minimum absolute atomic E-state index is 0.269. The predicted octanol–water partition coefficient (Wildman–Crippen LogP) is 1.00. The Bertz CT molecular complexity index is 304. The summed E-state index contributed by atoms with van der Waals surface area (Å²) in [6.07, 6.45) is 2.29. The second-order valence-electron chi connectivity index (χ2n) is 5.00. The molecule has 0 rings (SSSR count). The molecule has 0 aliphatic carbocycles. The maximum atomic E-state index is 11.1. The fourth-order valence-corrected chi connectivity index (χ4v) is 0.975. The van der Waals surface area contributed by atoms with Crippen LogP contribution in [0.1, 0.15) is 33.1 Å². The molecule has 0 aromatic heterocycles. The molecule has 0 fully saturated rings. The lowest BCUT2D eigenvalue weighted by Crippen LogP contribution is -2.14. The van der Waals surface area contributed by atoms with Gasteiger partial charge in [-0.3, -0.25) is 4.89 Å². The van der Waals surface area contributed by atoms with Gasteiger partial charge in [-0.05, 0) is 39.4 Å². The molecule has 0 aliphatic rings. The second kappa shape index (κ2) is 13.3. The van der Waals surface area contributed by atoms with E-state index in [1.807, 2.05) is 27.9 Å². The molecule has 0 amide bonds. The van der Waals surface area contributed by atoms with Gasteiger partial charge in [-0.15, -0.1) is 0 Å². The third-order valence-corrected chi connectivity index (χ3v) is 1.97. The molecule has 8 heteroatoms. The van der Waals surface area contributed by atoms with Gasteiger partial charge in [0.15, 0.2) is 0 Å². The summed E-state index contributed by atoms with van der Waals surface area (Å²) in [5, 5.41) is 14.8. The van der Waals surface area contributed by atoms with Crippen molar-refractivity contribution in [2.24, 2.45) is 5.92 Å². The molecule has 0 unspecified atom stereocenters. The Morgan fingerprint density at radius 3 is 1.95 bits per heavy atom. The number of carboxylic acid groups (broad SMARTS) is 2. The molecule has 124 valence electrons. The number of carbonyl (C=O) groups excluding carboxylic acids is 1. The lowest BCUT2D eigenvalue weighted by atomic mass is 10.2. The van der Waals surface area contributed by atoms with Gasteiger partial charge in [-0.25, -0.2) is 14.4 Å². The van der Waals surface area contributed by atoms with Crippen LogP contribution in [0.4, 0.5) is 0 Å². The fraction of sp³-hybridized carbons (Fsp3) is 0.769. The number of nitrogens with zero attached hydrogens (tertiary/aromatic N) is 1. The van der Waals surface area contributed by atoms with Crippen LogP contribution in [-0.4, -0.2) is 60.3 Å². The number of hydrogen-bond acceptors (Lipinski definition) is 6. The van der Waals surface area contributed by atoms with Crippen molar-refractivity contribution in [3.63, 3.8) is 0 Å². The van der Waals surface area contributed by atoms with Gasteiger partial charge < -0.3 is 15.1 Å².